The molecule has 0 aliphatic carbocycles. The standard InChI is InChI=1S/C19H16ClN3O3/c1-26-17-7-11(5-6-16(17)24)14-9-18(25)22-19-15(14)10-21-23(19)13-4-2-3-12(20)8-13/h2-8,10,14,24H,9H2,1H3,(H,22,25). The van der Waals surface area contributed by atoms with Crippen molar-refractivity contribution in [3.8, 4) is 17.2 Å². The van der Waals surface area contributed by atoms with Gasteiger partial charge in [0.2, 0.25) is 5.91 Å². The number of phenolic OH excluding ortho intramolecular Hbond substituents is 1. The third kappa shape index (κ3) is 2.78. The molecule has 2 aromatic carbocycles. The highest BCUT2D eigenvalue weighted by Crippen LogP contribution is 2.40. The predicted octanol–water partition coefficient (Wildman–Crippen LogP) is 3.71. The molecule has 1 amide bonds. The van der Waals surface area contributed by atoms with Crippen LogP contribution in [-0.2, 0) is 4.79 Å². The van der Waals surface area contributed by atoms with E-state index in [1.165, 1.54) is 7.11 Å². The number of carbonyl (C=O) groups excluding carboxylic acids is 1. The Morgan fingerprint density at radius 1 is 1.31 bits per heavy atom. The van der Waals surface area contributed by atoms with E-state index in [1.54, 1.807) is 41.2 Å². The van der Waals surface area contributed by atoms with Crippen LogP contribution in [0.25, 0.3) is 5.69 Å². The summed E-state index contributed by atoms with van der Waals surface area (Å²) in [4.78, 5) is 12.3. The molecule has 0 saturated heterocycles. The fraction of sp³-hybridized carbons (Fsp3) is 0.158. The van der Waals surface area contributed by atoms with E-state index in [2.05, 4.69) is 10.4 Å². The summed E-state index contributed by atoms with van der Waals surface area (Å²) >= 11 is 6.08. The van der Waals surface area contributed by atoms with Crippen LogP contribution in [0.2, 0.25) is 5.02 Å². The maximum atomic E-state index is 12.3. The molecular weight excluding hydrogens is 354 g/mol. The fourth-order valence-electron chi connectivity index (χ4n) is 3.23. The topological polar surface area (TPSA) is 76.4 Å². The van der Waals surface area contributed by atoms with Crippen molar-refractivity contribution >= 4 is 23.3 Å². The van der Waals surface area contributed by atoms with E-state index in [0.29, 0.717) is 23.0 Å². The molecule has 1 aliphatic rings. The molecule has 7 heteroatoms. The summed E-state index contributed by atoms with van der Waals surface area (Å²) in [7, 11) is 1.50. The second kappa shape index (κ2) is 6.38. The lowest BCUT2D eigenvalue weighted by Gasteiger charge is -2.24. The second-order valence-electron chi connectivity index (χ2n) is 6.08. The average molecular weight is 370 g/mol. The van der Waals surface area contributed by atoms with Gasteiger partial charge in [-0.1, -0.05) is 23.7 Å². The molecule has 6 nitrogen and oxygen atoms in total. The number of ether oxygens (including phenoxy) is 1. The monoisotopic (exact) mass is 369 g/mol. The smallest absolute Gasteiger partial charge is 0.226 e. The minimum absolute atomic E-state index is 0.0614. The molecule has 2 heterocycles. The minimum Gasteiger partial charge on any atom is -0.504 e. The van der Waals surface area contributed by atoms with Crippen LogP contribution in [0, 0.1) is 0 Å². The number of hydrogen-bond donors (Lipinski definition) is 2. The number of nitrogens with one attached hydrogen (secondary N) is 1. The molecule has 3 aromatic rings. The van der Waals surface area contributed by atoms with Crippen LogP contribution in [0.5, 0.6) is 11.5 Å². The lowest BCUT2D eigenvalue weighted by molar-refractivity contribution is -0.116. The third-order valence-corrected chi connectivity index (χ3v) is 4.71. The molecule has 1 unspecified atom stereocenters. The number of aromatic nitrogens is 2. The molecule has 2 N–H and O–H groups in total. The van der Waals surface area contributed by atoms with Gasteiger partial charge in [0.25, 0.3) is 0 Å². The van der Waals surface area contributed by atoms with Gasteiger partial charge >= 0.3 is 0 Å². The van der Waals surface area contributed by atoms with E-state index in [0.717, 1.165) is 16.8 Å². The van der Waals surface area contributed by atoms with Gasteiger partial charge in [0.1, 0.15) is 5.82 Å². The number of phenols is 1. The molecule has 0 radical (unpaired) electrons. The molecule has 0 spiro atoms. The van der Waals surface area contributed by atoms with E-state index in [-0.39, 0.29) is 17.6 Å². The Balaban J connectivity index is 1.81. The molecule has 26 heavy (non-hydrogen) atoms. The Morgan fingerprint density at radius 3 is 2.92 bits per heavy atom. The first-order valence-corrected chi connectivity index (χ1v) is 8.45. The van der Waals surface area contributed by atoms with Gasteiger partial charge in [0.05, 0.1) is 19.0 Å². The van der Waals surface area contributed by atoms with Gasteiger partial charge in [0.15, 0.2) is 11.5 Å². The van der Waals surface area contributed by atoms with Crippen molar-refractivity contribution < 1.29 is 14.6 Å². The predicted molar refractivity (Wildman–Crippen MR) is 98.3 cm³/mol. The van der Waals surface area contributed by atoms with Gasteiger partial charge < -0.3 is 15.2 Å². The van der Waals surface area contributed by atoms with E-state index in [4.69, 9.17) is 16.3 Å². The van der Waals surface area contributed by atoms with Crippen molar-refractivity contribution in [2.24, 2.45) is 0 Å². The zero-order chi connectivity index (χ0) is 18.3. The highest BCUT2D eigenvalue weighted by Gasteiger charge is 2.30. The Hall–Kier alpha value is -2.99. The summed E-state index contributed by atoms with van der Waals surface area (Å²) in [5, 5.41) is 17.8. The average Bonchev–Trinajstić information content (AvgIpc) is 3.05. The van der Waals surface area contributed by atoms with Gasteiger partial charge in [-0.05, 0) is 35.9 Å². The Morgan fingerprint density at radius 2 is 2.15 bits per heavy atom. The molecule has 1 aromatic heterocycles. The normalized spacial score (nSPS) is 16.1. The lowest BCUT2D eigenvalue weighted by Crippen LogP contribution is -2.24. The zero-order valence-electron chi connectivity index (χ0n) is 13.9. The Bertz CT molecular complexity index is 999. The number of fused-ring (bicyclic) bond motifs is 1. The minimum atomic E-state index is -0.179. The number of anilines is 1. The maximum Gasteiger partial charge on any atom is 0.226 e. The molecule has 1 atom stereocenters. The largest absolute Gasteiger partial charge is 0.504 e. The van der Waals surface area contributed by atoms with Gasteiger partial charge in [0, 0.05) is 22.9 Å². The van der Waals surface area contributed by atoms with Gasteiger partial charge in [-0.25, -0.2) is 4.68 Å². The molecule has 0 saturated carbocycles. The van der Waals surface area contributed by atoms with Crippen molar-refractivity contribution in [3.63, 3.8) is 0 Å². The maximum absolute atomic E-state index is 12.3. The van der Waals surface area contributed by atoms with Crippen LogP contribution in [0.3, 0.4) is 0 Å². The molecular formula is C19H16ClN3O3. The number of benzene rings is 2. The van der Waals surface area contributed by atoms with Crippen LogP contribution in [0.15, 0.2) is 48.7 Å². The van der Waals surface area contributed by atoms with Gasteiger partial charge in [-0.3, -0.25) is 4.79 Å². The number of hydrogen-bond acceptors (Lipinski definition) is 4. The summed E-state index contributed by atoms with van der Waals surface area (Å²) < 4.78 is 6.86. The first kappa shape index (κ1) is 16.5. The number of nitrogens with zero attached hydrogens (tertiary/aromatic N) is 2. The summed E-state index contributed by atoms with van der Waals surface area (Å²) in [6.07, 6.45) is 2.04. The summed E-state index contributed by atoms with van der Waals surface area (Å²) in [6.45, 7) is 0. The summed E-state index contributed by atoms with van der Waals surface area (Å²) in [5.41, 5.74) is 2.54. The Kier molecular flexibility index (Phi) is 4.05. The van der Waals surface area contributed by atoms with Crippen LogP contribution < -0.4 is 10.1 Å². The first-order chi connectivity index (χ1) is 12.6. The lowest BCUT2D eigenvalue weighted by atomic mass is 9.87. The number of aromatic hydroxyl groups is 1. The van der Waals surface area contributed by atoms with Crippen molar-refractivity contribution in [2.45, 2.75) is 12.3 Å². The molecule has 0 bridgehead atoms. The number of carbonyl (C=O) groups is 1. The number of methoxy groups -OCH3 is 1. The van der Waals surface area contributed by atoms with Crippen LogP contribution in [0.4, 0.5) is 5.82 Å². The van der Waals surface area contributed by atoms with Crippen molar-refractivity contribution in [1.82, 2.24) is 9.78 Å². The Labute approximate surface area is 155 Å². The van der Waals surface area contributed by atoms with E-state index < -0.39 is 0 Å². The highest BCUT2D eigenvalue weighted by molar-refractivity contribution is 6.30. The molecule has 1 aliphatic heterocycles. The fourth-order valence-corrected chi connectivity index (χ4v) is 3.42. The van der Waals surface area contributed by atoms with E-state index in [1.807, 2.05) is 12.1 Å². The van der Waals surface area contributed by atoms with Crippen molar-refractivity contribution in [3.05, 3.63) is 64.8 Å². The van der Waals surface area contributed by atoms with Gasteiger partial charge in [-0.15, -0.1) is 0 Å². The summed E-state index contributed by atoms with van der Waals surface area (Å²) in [6, 6.07) is 12.4. The number of halogens is 1. The molecule has 4 rings (SSSR count). The SMILES string of the molecule is COc1cc(C2CC(=O)Nc3c2cnn3-c2cccc(Cl)c2)ccc1O. The van der Waals surface area contributed by atoms with Crippen molar-refractivity contribution in [1.29, 1.82) is 0 Å². The third-order valence-electron chi connectivity index (χ3n) is 4.48. The molecule has 0 fully saturated rings. The van der Waals surface area contributed by atoms with E-state index >= 15 is 0 Å². The summed E-state index contributed by atoms with van der Waals surface area (Å²) in [5.74, 6) is 0.781. The number of amides is 1. The van der Waals surface area contributed by atoms with Crippen LogP contribution >= 0.6 is 11.6 Å². The van der Waals surface area contributed by atoms with Gasteiger partial charge in [-0.2, -0.15) is 5.10 Å². The number of rotatable bonds is 3. The zero-order valence-corrected chi connectivity index (χ0v) is 14.7. The highest BCUT2D eigenvalue weighted by atomic mass is 35.5. The van der Waals surface area contributed by atoms with E-state index in [9.17, 15) is 9.90 Å². The first-order valence-electron chi connectivity index (χ1n) is 8.07. The quantitative estimate of drug-likeness (QED) is 0.737. The van der Waals surface area contributed by atoms with Crippen LogP contribution in [-0.4, -0.2) is 27.9 Å². The molecule has 132 valence electrons. The van der Waals surface area contributed by atoms with Crippen LogP contribution in [0.1, 0.15) is 23.5 Å². The second-order valence-corrected chi connectivity index (χ2v) is 6.51. The van der Waals surface area contributed by atoms with Crippen molar-refractivity contribution in [2.75, 3.05) is 12.4 Å².